The predicted molar refractivity (Wildman–Crippen MR) is 65.1 cm³/mol. The lowest BCUT2D eigenvalue weighted by Crippen LogP contribution is -2.42. The van der Waals surface area contributed by atoms with Crippen molar-refractivity contribution in [1.29, 1.82) is 0 Å². The van der Waals surface area contributed by atoms with Crippen LogP contribution in [0.2, 0.25) is 0 Å². The Morgan fingerprint density at radius 2 is 2.16 bits per heavy atom. The molecule has 6 heteroatoms. The number of rotatable bonds is 4. The lowest BCUT2D eigenvalue weighted by Gasteiger charge is -2.16. The molecule has 19 heavy (non-hydrogen) atoms. The number of benzene rings is 1. The number of esters is 1. The number of carbonyl (C=O) groups is 2. The molecule has 0 saturated carbocycles. The molecular weight excluding hydrogens is 250 g/mol. The summed E-state index contributed by atoms with van der Waals surface area (Å²) < 4.78 is 9.85. The molecule has 1 amide bonds. The van der Waals surface area contributed by atoms with Gasteiger partial charge in [0.1, 0.15) is 12.7 Å². The van der Waals surface area contributed by atoms with E-state index in [0.717, 1.165) is 5.56 Å². The zero-order chi connectivity index (χ0) is 13.7. The van der Waals surface area contributed by atoms with E-state index in [4.69, 9.17) is 14.6 Å². The van der Waals surface area contributed by atoms with Gasteiger partial charge in [-0.1, -0.05) is 30.3 Å². The maximum atomic E-state index is 11.6. The molecule has 2 N–H and O–H groups in total. The summed E-state index contributed by atoms with van der Waals surface area (Å²) in [6.45, 7) is -0.173. The number of amides is 1. The molecule has 2 atom stereocenters. The molecule has 1 heterocycles. The molecule has 0 radical (unpaired) electrons. The minimum absolute atomic E-state index is 0.0473. The number of cyclic esters (lactones) is 1. The Labute approximate surface area is 110 Å². The first-order chi connectivity index (χ1) is 9.19. The van der Waals surface area contributed by atoms with Crippen molar-refractivity contribution < 1.29 is 24.2 Å². The fourth-order valence-corrected chi connectivity index (χ4v) is 1.83. The second kappa shape index (κ2) is 6.19. The normalized spacial score (nSPS) is 21.8. The number of nitrogens with one attached hydrogen (secondary N) is 1. The van der Waals surface area contributed by atoms with Crippen molar-refractivity contribution in [3.63, 3.8) is 0 Å². The van der Waals surface area contributed by atoms with Crippen molar-refractivity contribution >= 4 is 12.1 Å². The zero-order valence-electron chi connectivity index (χ0n) is 10.2. The fourth-order valence-electron chi connectivity index (χ4n) is 1.83. The van der Waals surface area contributed by atoms with Crippen molar-refractivity contribution in [2.45, 2.75) is 25.2 Å². The van der Waals surface area contributed by atoms with Crippen LogP contribution in [0, 0.1) is 0 Å². The van der Waals surface area contributed by atoms with E-state index >= 15 is 0 Å². The monoisotopic (exact) mass is 265 g/mol. The summed E-state index contributed by atoms with van der Waals surface area (Å²) in [5.41, 5.74) is 0.870. The number of carbonyl (C=O) groups excluding carboxylic acids is 2. The van der Waals surface area contributed by atoms with Gasteiger partial charge in [-0.15, -0.1) is 0 Å². The van der Waals surface area contributed by atoms with E-state index in [1.807, 2.05) is 30.3 Å². The summed E-state index contributed by atoms with van der Waals surface area (Å²) in [6, 6.07) is 8.71. The first kappa shape index (κ1) is 13.4. The van der Waals surface area contributed by atoms with Gasteiger partial charge in [-0.3, -0.25) is 4.79 Å². The summed E-state index contributed by atoms with van der Waals surface area (Å²) in [5, 5.41) is 11.5. The van der Waals surface area contributed by atoms with E-state index in [-0.39, 0.29) is 19.6 Å². The Morgan fingerprint density at radius 1 is 1.42 bits per heavy atom. The van der Waals surface area contributed by atoms with E-state index in [1.54, 1.807) is 0 Å². The third-order valence-corrected chi connectivity index (χ3v) is 2.81. The Bertz CT molecular complexity index is 448. The van der Waals surface area contributed by atoms with Crippen LogP contribution in [0.4, 0.5) is 4.79 Å². The van der Waals surface area contributed by atoms with Gasteiger partial charge in [-0.05, 0) is 5.56 Å². The van der Waals surface area contributed by atoms with Crippen LogP contribution in [-0.4, -0.2) is 35.9 Å². The standard InChI is InChI=1S/C13H15NO5/c15-7-11-10(6-12(16)19-11)14-13(17)18-8-9-4-2-1-3-5-9/h1-5,10-11,15H,6-8H2,(H,14,17). The van der Waals surface area contributed by atoms with Gasteiger partial charge in [0.2, 0.25) is 0 Å². The van der Waals surface area contributed by atoms with Gasteiger partial charge in [0, 0.05) is 0 Å². The molecule has 1 aliphatic heterocycles. The molecule has 1 aromatic carbocycles. The van der Waals surface area contributed by atoms with Gasteiger partial charge < -0.3 is 19.9 Å². The van der Waals surface area contributed by atoms with Crippen molar-refractivity contribution in [1.82, 2.24) is 5.32 Å². The van der Waals surface area contributed by atoms with Crippen LogP contribution < -0.4 is 5.32 Å². The lowest BCUT2D eigenvalue weighted by molar-refractivity contribution is -0.142. The molecule has 0 spiro atoms. The highest BCUT2D eigenvalue weighted by Crippen LogP contribution is 2.14. The zero-order valence-corrected chi connectivity index (χ0v) is 10.2. The van der Waals surface area contributed by atoms with E-state index in [0.29, 0.717) is 0 Å². The molecule has 1 aliphatic rings. The van der Waals surface area contributed by atoms with E-state index in [9.17, 15) is 9.59 Å². The van der Waals surface area contributed by atoms with Crippen LogP contribution in [0.25, 0.3) is 0 Å². The maximum absolute atomic E-state index is 11.6. The number of aliphatic hydroxyl groups is 1. The Morgan fingerprint density at radius 3 is 2.84 bits per heavy atom. The quantitative estimate of drug-likeness (QED) is 0.778. The van der Waals surface area contributed by atoms with Crippen LogP contribution in [-0.2, 0) is 20.9 Å². The second-order valence-corrected chi connectivity index (χ2v) is 4.23. The van der Waals surface area contributed by atoms with Crippen LogP contribution in [0.5, 0.6) is 0 Å². The molecule has 0 aromatic heterocycles. The third-order valence-electron chi connectivity index (χ3n) is 2.81. The average Bonchev–Trinajstić information content (AvgIpc) is 2.77. The molecule has 0 aliphatic carbocycles. The first-order valence-corrected chi connectivity index (χ1v) is 5.96. The molecule has 0 bridgehead atoms. The minimum atomic E-state index is -0.697. The average molecular weight is 265 g/mol. The van der Waals surface area contributed by atoms with Crippen LogP contribution in [0.3, 0.4) is 0 Å². The molecule has 2 rings (SSSR count). The van der Waals surface area contributed by atoms with Gasteiger partial charge in [-0.2, -0.15) is 0 Å². The summed E-state index contributed by atoms with van der Waals surface area (Å²) in [6.07, 6.45) is -1.28. The second-order valence-electron chi connectivity index (χ2n) is 4.23. The van der Waals surface area contributed by atoms with Crippen molar-refractivity contribution in [3.05, 3.63) is 35.9 Å². The fraction of sp³-hybridized carbons (Fsp3) is 0.385. The molecule has 2 unspecified atom stereocenters. The van der Waals surface area contributed by atoms with Gasteiger partial charge in [0.05, 0.1) is 19.1 Å². The smallest absolute Gasteiger partial charge is 0.407 e. The largest absolute Gasteiger partial charge is 0.458 e. The number of aliphatic hydroxyl groups excluding tert-OH is 1. The van der Waals surface area contributed by atoms with Crippen molar-refractivity contribution in [2.75, 3.05) is 6.61 Å². The van der Waals surface area contributed by atoms with Gasteiger partial charge in [-0.25, -0.2) is 4.79 Å². The highest BCUT2D eigenvalue weighted by atomic mass is 16.6. The lowest BCUT2D eigenvalue weighted by atomic mass is 10.1. The molecule has 1 aromatic rings. The highest BCUT2D eigenvalue weighted by molar-refractivity contribution is 5.75. The third kappa shape index (κ3) is 3.69. The summed E-state index contributed by atoms with van der Waals surface area (Å²) >= 11 is 0. The maximum Gasteiger partial charge on any atom is 0.407 e. The van der Waals surface area contributed by atoms with Gasteiger partial charge in [0.25, 0.3) is 0 Å². The van der Waals surface area contributed by atoms with E-state index in [1.165, 1.54) is 0 Å². The van der Waals surface area contributed by atoms with Crippen LogP contribution in [0.1, 0.15) is 12.0 Å². The predicted octanol–water partition coefficient (Wildman–Crippen LogP) is 0.589. The number of hydrogen-bond acceptors (Lipinski definition) is 5. The number of hydrogen-bond donors (Lipinski definition) is 2. The van der Waals surface area contributed by atoms with Crippen molar-refractivity contribution in [2.24, 2.45) is 0 Å². The topological polar surface area (TPSA) is 84.9 Å². The Hall–Kier alpha value is -2.08. The van der Waals surface area contributed by atoms with Gasteiger partial charge >= 0.3 is 12.1 Å². The Kier molecular flexibility index (Phi) is 4.35. The SMILES string of the molecule is O=C1CC(NC(=O)OCc2ccccc2)C(CO)O1. The number of alkyl carbamates (subject to hydrolysis) is 1. The van der Waals surface area contributed by atoms with E-state index in [2.05, 4.69) is 5.32 Å². The van der Waals surface area contributed by atoms with Gasteiger partial charge in [0.15, 0.2) is 0 Å². The molecule has 6 nitrogen and oxygen atoms in total. The summed E-state index contributed by atoms with van der Waals surface area (Å²) in [4.78, 5) is 22.6. The Balaban J connectivity index is 1.80. The van der Waals surface area contributed by atoms with Crippen LogP contribution >= 0.6 is 0 Å². The number of ether oxygens (including phenoxy) is 2. The summed E-state index contributed by atoms with van der Waals surface area (Å²) in [5.74, 6) is -0.438. The molecule has 1 saturated heterocycles. The minimum Gasteiger partial charge on any atom is -0.458 e. The first-order valence-electron chi connectivity index (χ1n) is 5.96. The highest BCUT2D eigenvalue weighted by Gasteiger charge is 2.35. The molecular formula is C13H15NO5. The van der Waals surface area contributed by atoms with Crippen LogP contribution in [0.15, 0.2) is 30.3 Å². The van der Waals surface area contributed by atoms with E-state index < -0.39 is 24.2 Å². The molecule has 102 valence electrons. The molecule has 1 fully saturated rings. The summed E-state index contributed by atoms with van der Waals surface area (Å²) in [7, 11) is 0. The van der Waals surface area contributed by atoms with Crippen molar-refractivity contribution in [3.8, 4) is 0 Å².